The average Bonchev–Trinajstić information content (AvgIpc) is 3.22. The second-order valence-corrected chi connectivity index (χ2v) is 8.64. The van der Waals surface area contributed by atoms with E-state index in [2.05, 4.69) is 0 Å². The predicted molar refractivity (Wildman–Crippen MR) is 127 cm³/mol. The molecule has 186 valence electrons. The van der Waals surface area contributed by atoms with Gasteiger partial charge in [-0.25, -0.2) is 9.18 Å². The van der Waals surface area contributed by atoms with Gasteiger partial charge in [0.2, 0.25) is 5.91 Å². The van der Waals surface area contributed by atoms with E-state index in [4.69, 9.17) is 21.1 Å². The maximum Gasteiger partial charge on any atom is 0.414 e. The van der Waals surface area contributed by atoms with Crippen molar-refractivity contribution in [2.75, 3.05) is 49.2 Å². The molecule has 0 saturated carbocycles. The van der Waals surface area contributed by atoms with Gasteiger partial charge >= 0.3 is 6.09 Å². The van der Waals surface area contributed by atoms with Crippen LogP contribution in [-0.4, -0.2) is 68.3 Å². The molecule has 11 heteroatoms. The van der Waals surface area contributed by atoms with Gasteiger partial charge in [-0.2, -0.15) is 0 Å². The fourth-order valence-electron chi connectivity index (χ4n) is 4.05. The molecule has 2 saturated heterocycles. The molecule has 0 radical (unpaired) electrons. The molecule has 2 aromatic rings. The predicted octanol–water partition coefficient (Wildman–Crippen LogP) is 3.63. The molecule has 1 atom stereocenters. The fraction of sp³-hybridized carbons (Fsp3) is 0.375. The highest BCUT2D eigenvalue weighted by atomic mass is 35.5. The van der Waals surface area contributed by atoms with Crippen molar-refractivity contribution < 1.29 is 28.2 Å². The van der Waals surface area contributed by atoms with E-state index in [1.807, 2.05) is 0 Å². The topological polar surface area (TPSA) is 102 Å². The fourth-order valence-corrected chi connectivity index (χ4v) is 4.17. The van der Waals surface area contributed by atoms with E-state index in [1.165, 1.54) is 17.0 Å². The van der Waals surface area contributed by atoms with Crippen molar-refractivity contribution in [3.05, 3.63) is 64.1 Å². The van der Waals surface area contributed by atoms with Crippen LogP contribution in [0.2, 0.25) is 5.02 Å². The highest BCUT2D eigenvalue weighted by molar-refractivity contribution is 6.30. The number of hydroxylamine groups is 2. The molecule has 2 heterocycles. The summed E-state index contributed by atoms with van der Waals surface area (Å²) < 4.78 is 25.3. The van der Waals surface area contributed by atoms with Gasteiger partial charge in [0.25, 0.3) is 0 Å². The van der Waals surface area contributed by atoms with Crippen LogP contribution in [0.5, 0.6) is 0 Å². The first-order valence-electron chi connectivity index (χ1n) is 11.2. The zero-order chi connectivity index (χ0) is 24.9. The molecule has 0 aliphatic carbocycles. The van der Waals surface area contributed by atoms with Crippen molar-refractivity contribution >= 4 is 40.8 Å². The van der Waals surface area contributed by atoms with Gasteiger partial charge in [-0.3, -0.25) is 14.5 Å². The number of anilines is 2. The number of Topliss-reactive ketones (excluding diaryl/α,β-unsaturated/α-hetero) is 1. The first kappa shape index (κ1) is 24.9. The van der Waals surface area contributed by atoms with E-state index in [1.54, 1.807) is 35.2 Å². The number of nitrogens with zero attached hydrogens (tertiary/aromatic N) is 3. The zero-order valence-electron chi connectivity index (χ0n) is 18.8. The Morgan fingerprint density at radius 2 is 1.83 bits per heavy atom. The van der Waals surface area contributed by atoms with Gasteiger partial charge in [0.1, 0.15) is 11.9 Å². The van der Waals surface area contributed by atoms with Crippen LogP contribution < -0.4 is 9.80 Å². The molecule has 2 amide bonds. The zero-order valence-corrected chi connectivity index (χ0v) is 19.6. The molecular weight excluding hydrogens is 481 g/mol. The summed E-state index contributed by atoms with van der Waals surface area (Å²) in [4.78, 5) is 40.1. The third-order valence-electron chi connectivity index (χ3n) is 5.84. The lowest BCUT2D eigenvalue weighted by Crippen LogP contribution is -2.39. The van der Waals surface area contributed by atoms with Crippen molar-refractivity contribution in [1.82, 2.24) is 5.06 Å². The Morgan fingerprint density at radius 1 is 1.11 bits per heavy atom. The summed E-state index contributed by atoms with van der Waals surface area (Å²) in [5.74, 6) is -1.56. The number of cyclic esters (lactones) is 1. The largest absolute Gasteiger partial charge is 0.756 e. The molecule has 1 unspecified atom stereocenters. The van der Waals surface area contributed by atoms with Crippen LogP contribution >= 0.6 is 11.6 Å². The molecule has 35 heavy (non-hydrogen) atoms. The number of hydrogen-bond acceptors (Lipinski definition) is 7. The van der Waals surface area contributed by atoms with Crippen molar-refractivity contribution in [3.63, 3.8) is 0 Å². The molecular formula is C24H24ClFN3O6-. The van der Waals surface area contributed by atoms with E-state index >= 15 is 0 Å². The summed E-state index contributed by atoms with van der Waals surface area (Å²) >= 11 is 5.80. The van der Waals surface area contributed by atoms with Crippen molar-refractivity contribution in [2.24, 2.45) is 0 Å². The monoisotopic (exact) mass is 504 g/mol. The number of morpholine rings is 1. The standard InChI is InChI=1S/C24H24ClFN3O6/c25-17-6-4-16(5-7-17)21(30)8-9-22(31)29(33)15-18-14-28(24(32)35-18)20-3-1-2-19(26)23(20)27-10-12-34-13-11-27/h1-7,18H,8-15H2/q-1. The first-order valence-corrected chi connectivity index (χ1v) is 11.6. The molecule has 0 bridgehead atoms. The van der Waals surface area contributed by atoms with Gasteiger partial charge in [0.05, 0.1) is 31.1 Å². The van der Waals surface area contributed by atoms with Crippen LogP contribution in [-0.2, 0) is 14.3 Å². The molecule has 2 aliphatic heterocycles. The summed E-state index contributed by atoms with van der Waals surface area (Å²) in [6.07, 6.45) is -2.03. The smallest absolute Gasteiger partial charge is 0.414 e. The normalized spacial score (nSPS) is 17.9. The third-order valence-corrected chi connectivity index (χ3v) is 6.09. The quantitative estimate of drug-likeness (QED) is 0.399. The van der Waals surface area contributed by atoms with Gasteiger partial charge in [0, 0.05) is 43.1 Å². The van der Waals surface area contributed by atoms with Crippen molar-refractivity contribution in [2.45, 2.75) is 18.9 Å². The molecule has 2 aliphatic rings. The first-order chi connectivity index (χ1) is 16.8. The Morgan fingerprint density at radius 3 is 2.54 bits per heavy atom. The van der Waals surface area contributed by atoms with Crippen LogP contribution in [0.1, 0.15) is 23.2 Å². The molecule has 2 fully saturated rings. The van der Waals surface area contributed by atoms with Crippen molar-refractivity contribution in [3.8, 4) is 0 Å². The highest BCUT2D eigenvalue weighted by Gasteiger charge is 2.36. The molecule has 9 nitrogen and oxygen atoms in total. The van der Waals surface area contributed by atoms with Crippen LogP contribution in [0.15, 0.2) is 42.5 Å². The number of carbonyl (C=O) groups excluding carboxylic acids is 3. The number of para-hydroxylation sites is 1. The maximum absolute atomic E-state index is 14.7. The van der Waals surface area contributed by atoms with Crippen LogP contribution in [0.3, 0.4) is 0 Å². The Hall–Kier alpha value is -3.21. The lowest BCUT2D eigenvalue weighted by atomic mass is 10.1. The van der Waals surface area contributed by atoms with Crippen LogP contribution in [0, 0.1) is 11.0 Å². The summed E-state index contributed by atoms with van der Waals surface area (Å²) in [5, 5.41) is 13.0. The van der Waals surface area contributed by atoms with Gasteiger partial charge < -0.3 is 24.6 Å². The molecule has 0 spiro atoms. The van der Waals surface area contributed by atoms with E-state index in [9.17, 15) is 24.0 Å². The third kappa shape index (κ3) is 5.90. The molecule has 0 N–H and O–H groups in total. The van der Waals surface area contributed by atoms with Crippen LogP contribution in [0.4, 0.5) is 20.6 Å². The van der Waals surface area contributed by atoms with Gasteiger partial charge in [-0.05, 0) is 36.4 Å². The minimum atomic E-state index is -0.892. The summed E-state index contributed by atoms with van der Waals surface area (Å²) in [6, 6.07) is 10.7. The lowest BCUT2D eigenvalue weighted by Gasteiger charge is -2.32. The second kappa shape index (κ2) is 11.0. The molecule has 2 aromatic carbocycles. The Labute approximate surface area is 206 Å². The number of ether oxygens (including phenoxy) is 2. The summed E-state index contributed by atoms with van der Waals surface area (Å²) in [5.41, 5.74) is 0.993. The Kier molecular flexibility index (Phi) is 7.84. The van der Waals surface area contributed by atoms with E-state index in [0.29, 0.717) is 42.6 Å². The van der Waals surface area contributed by atoms with Gasteiger partial charge in [0.15, 0.2) is 5.78 Å². The maximum atomic E-state index is 14.7. The number of carbonyl (C=O) groups is 3. The minimum absolute atomic E-state index is 0.0185. The summed E-state index contributed by atoms with van der Waals surface area (Å²) in [6.45, 7) is 1.41. The highest BCUT2D eigenvalue weighted by Crippen LogP contribution is 2.35. The van der Waals surface area contributed by atoms with Crippen LogP contribution in [0.25, 0.3) is 0 Å². The molecule has 0 aromatic heterocycles. The molecule has 4 rings (SSSR count). The van der Waals surface area contributed by atoms with E-state index < -0.39 is 30.5 Å². The SMILES string of the molecule is O=C(CCC(=O)N([O-])CC1CN(c2cccc(F)c2N2CCOCC2)C(=O)O1)c1ccc(Cl)cc1. The lowest BCUT2D eigenvalue weighted by molar-refractivity contribution is -0.129. The number of hydrogen-bond donors (Lipinski definition) is 0. The number of amides is 2. The number of halogens is 2. The van der Waals surface area contributed by atoms with E-state index in [0.717, 1.165) is 0 Å². The summed E-state index contributed by atoms with van der Waals surface area (Å²) in [7, 11) is 0. The average molecular weight is 505 g/mol. The van der Waals surface area contributed by atoms with E-state index in [-0.39, 0.29) is 35.9 Å². The van der Waals surface area contributed by atoms with Crippen molar-refractivity contribution in [1.29, 1.82) is 0 Å². The number of ketones is 1. The second-order valence-electron chi connectivity index (χ2n) is 8.21. The number of benzene rings is 2. The number of rotatable bonds is 8. The Bertz CT molecular complexity index is 1090. The minimum Gasteiger partial charge on any atom is -0.756 e. The Balaban J connectivity index is 1.35. The van der Waals surface area contributed by atoms with Gasteiger partial charge in [-0.15, -0.1) is 0 Å². The van der Waals surface area contributed by atoms with Gasteiger partial charge in [-0.1, -0.05) is 17.7 Å².